The summed E-state index contributed by atoms with van der Waals surface area (Å²) in [5, 5.41) is 16.4. The number of fused-ring (bicyclic) bond motifs is 1. The van der Waals surface area contributed by atoms with Gasteiger partial charge < -0.3 is 5.32 Å². The number of nitrogens with zero attached hydrogens (tertiary/aromatic N) is 8. The number of pyridine rings is 1. The minimum Gasteiger partial charge on any atom is -0.309 e. The summed E-state index contributed by atoms with van der Waals surface area (Å²) in [6.45, 7) is 3.04. The Balaban J connectivity index is 1.20. The summed E-state index contributed by atoms with van der Waals surface area (Å²) in [4.78, 5) is 11.5. The highest BCUT2D eigenvalue weighted by atomic mass is 15.3. The second kappa shape index (κ2) is 8.68. The van der Waals surface area contributed by atoms with Crippen molar-refractivity contribution in [3.63, 3.8) is 0 Å². The molecule has 0 bridgehead atoms. The van der Waals surface area contributed by atoms with Crippen LogP contribution in [0.1, 0.15) is 23.7 Å². The summed E-state index contributed by atoms with van der Waals surface area (Å²) in [6.07, 6.45) is 6.62. The molecule has 4 aromatic heterocycles. The number of likely N-dealkylation sites (tertiary alicyclic amines) is 1. The Kier molecular flexibility index (Phi) is 5.23. The van der Waals surface area contributed by atoms with Crippen molar-refractivity contribution in [3.05, 3.63) is 84.6 Å². The summed E-state index contributed by atoms with van der Waals surface area (Å²) < 4.78 is 3.85. The highest BCUT2D eigenvalue weighted by molar-refractivity contribution is 5.65. The molecule has 0 amide bonds. The van der Waals surface area contributed by atoms with Gasteiger partial charge in [0.2, 0.25) is 5.95 Å². The lowest BCUT2D eigenvalue weighted by Gasteiger charge is -2.15. The van der Waals surface area contributed by atoms with E-state index in [0.717, 1.165) is 54.6 Å². The summed E-state index contributed by atoms with van der Waals surface area (Å²) in [6, 6.07) is 18.5. The molecular formula is C25H25N9. The van der Waals surface area contributed by atoms with Gasteiger partial charge in [-0.25, -0.2) is 9.97 Å². The van der Waals surface area contributed by atoms with Crippen molar-refractivity contribution in [1.82, 2.24) is 39.2 Å². The smallest absolute Gasteiger partial charge is 0.228 e. The Labute approximate surface area is 197 Å². The van der Waals surface area contributed by atoms with Crippen LogP contribution in [0.2, 0.25) is 0 Å². The first-order valence-corrected chi connectivity index (χ1v) is 11.4. The highest BCUT2D eigenvalue weighted by Gasteiger charge is 2.27. The summed E-state index contributed by atoms with van der Waals surface area (Å²) in [7, 11) is 1.87. The summed E-state index contributed by atoms with van der Waals surface area (Å²) in [5.74, 6) is 2.75. The minimum atomic E-state index is 0.373. The minimum absolute atomic E-state index is 0.373. The average molecular weight is 452 g/mol. The molecule has 5 heterocycles. The number of hydrogen-bond acceptors (Lipinski definition) is 7. The zero-order valence-electron chi connectivity index (χ0n) is 18.9. The van der Waals surface area contributed by atoms with Crippen LogP contribution in [0.15, 0.2) is 73.2 Å². The fraction of sp³-hybridized carbons (Fsp3) is 0.240. The van der Waals surface area contributed by atoms with Gasteiger partial charge in [-0.15, -0.1) is 10.2 Å². The molecule has 1 atom stereocenters. The second-order valence-electron chi connectivity index (χ2n) is 8.64. The molecule has 0 aliphatic carbocycles. The lowest BCUT2D eigenvalue weighted by atomic mass is 10.1. The quantitative estimate of drug-likeness (QED) is 0.421. The molecule has 1 aliphatic rings. The van der Waals surface area contributed by atoms with Crippen LogP contribution < -0.4 is 5.32 Å². The molecule has 9 nitrogen and oxygen atoms in total. The molecule has 0 spiro atoms. The number of hydrogen-bond donors (Lipinski definition) is 1. The molecule has 1 aromatic carbocycles. The maximum Gasteiger partial charge on any atom is 0.228 e. The number of aromatic nitrogens is 7. The predicted octanol–water partition coefficient (Wildman–Crippen LogP) is 3.65. The molecule has 34 heavy (non-hydrogen) atoms. The van der Waals surface area contributed by atoms with E-state index in [0.29, 0.717) is 11.9 Å². The second-order valence-corrected chi connectivity index (χ2v) is 8.64. The van der Waals surface area contributed by atoms with Crippen molar-refractivity contribution in [2.24, 2.45) is 7.05 Å². The van der Waals surface area contributed by atoms with Gasteiger partial charge in [0.05, 0.1) is 11.9 Å². The van der Waals surface area contributed by atoms with Gasteiger partial charge in [-0.3, -0.25) is 14.0 Å². The molecule has 0 saturated carbocycles. The van der Waals surface area contributed by atoms with Crippen molar-refractivity contribution in [2.45, 2.75) is 18.9 Å². The van der Waals surface area contributed by atoms with Crippen LogP contribution in [-0.4, -0.2) is 52.3 Å². The molecule has 1 unspecified atom stereocenters. The first-order chi connectivity index (χ1) is 16.7. The number of nitrogens with one attached hydrogen (secondary N) is 1. The van der Waals surface area contributed by atoms with E-state index in [9.17, 15) is 0 Å². The van der Waals surface area contributed by atoms with Gasteiger partial charge in [0.1, 0.15) is 11.6 Å². The summed E-state index contributed by atoms with van der Waals surface area (Å²) >= 11 is 0. The van der Waals surface area contributed by atoms with Crippen molar-refractivity contribution >= 4 is 17.4 Å². The fourth-order valence-corrected chi connectivity index (χ4v) is 4.57. The third kappa shape index (κ3) is 4.01. The van der Waals surface area contributed by atoms with Crippen LogP contribution in [0.4, 0.5) is 11.8 Å². The van der Waals surface area contributed by atoms with Gasteiger partial charge >= 0.3 is 0 Å². The van der Waals surface area contributed by atoms with Gasteiger partial charge in [0.25, 0.3) is 0 Å². The molecule has 6 rings (SSSR count). The van der Waals surface area contributed by atoms with Gasteiger partial charge in [-0.2, -0.15) is 5.10 Å². The van der Waals surface area contributed by atoms with Crippen molar-refractivity contribution in [3.8, 4) is 11.3 Å². The first kappa shape index (κ1) is 20.5. The Bertz CT molecular complexity index is 1420. The maximum absolute atomic E-state index is 4.67. The standard InChI is InChI=1S/C25H25N9/c1-32-22(8-12-27-32)29-25-26-11-7-21(28-25)19-10-14-34-23(15-19)30-31-24(34)20-9-13-33(17-20)16-18-5-3-2-4-6-18/h2-8,10-12,14-15,20H,9,13,16-17H2,1H3,(H,26,28,29). The molecule has 5 aromatic rings. The number of anilines is 2. The van der Waals surface area contributed by atoms with Crippen LogP contribution in [0.3, 0.4) is 0 Å². The Hall–Kier alpha value is -4.11. The molecule has 1 N–H and O–H groups in total. The lowest BCUT2D eigenvalue weighted by Crippen LogP contribution is -2.20. The molecular weight excluding hydrogens is 426 g/mol. The van der Waals surface area contributed by atoms with Crippen LogP contribution in [0.5, 0.6) is 0 Å². The third-order valence-electron chi connectivity index (χ3n) is 6.33. The lowest BCUT2D eigenvalue weighted by molar-refractivity contribution is 0.325. The number of aryl methyl sites for hydroxylation is 1. The molecule has 9 heteroatoms. The van der Waals surface area contributed by atoms with Gasteiger partial charge in [-0.05, 0) is 36.7 Å². The Morgan fingerprint density at radius 2 is 1.94 bits per heavy atom. The highest BCUT2D eigenvalue weighted by Crippen LogP contribution is 2.28. The number of rotatable bonds is 6. The van der Waals surface area contributed by atoms with Gasteiger partial charge in [0, 0.05) is 50.1 Å². The van der Waals surface area contributed by atoms with Crippen LogP contribution in [-0.2, 0) is 13.6 Å². The monoisotopic (exact) mass is 451 g/mol. The SMILES string of the molecule is Cn1nccc1Nc1nccc(-c2ccn3c(C4CCN(Cc5ccccc5)C4)nnc3c2)n1. The zero-order valence-corrected chi connectivity index (χ0v) is 18.9. The molecule has 1 fully saturated rings. The molecule has 1 aliphatic heterocycles. The van der Waals surface area contributed by atoms with Crippen molar-refractivity contribution < 1.29 is 0 Å². The van der Waals surface area contributed by atoms with E-state index in [4.69, 9.17) is 0 Å². The van der Waals surface area contributed by atoms with Gasteiger partial charge in [0.15, 0.2) is 5.65 Å². The van der Waals surface area contributed by atoms with Gasteiger partial charge in [-0.1, -0.05) is 30.3 Å². The normalized spacial score (nSPS) is 16.3. The molecule has 0 radical (unpaired) electrons. The first-order valence-electron chi connectivity index (χ1n) is 11.4. The van der Waals surface area contributed by atoms with Crippen molar-refractivity contribution in [1.29, 1.82) is 0 Å². The largest absolute Gasteiger partial charge is 0.309 e. The zero-order chi connectivity index (χ0) is 22.9. The van der Waals surface area contributed by atoms with Crippen LogP contribution in [0.25, 0.3) is 16.9 Å². The average Bonchev–Trinajstić information content (AvgIpc) is 3.60. The Morgan fingerprint density at radius 3 is 2.79 bits per heavy atom. The van der Waals surface area contributed by atoms with Crippen LogP contribution >= 0.6 is 0 Å². The Morgan fingerprint density at radius 1 is 1.03 bits per heavy atom. The van der Waals surface area contributed by atoms with Crippen LogP contribution in [0, 0.1) is 0 Å². The fourth-order valence-electron chi connectivity index (χ4n) is 4.57. The molecule has 1 saturated heterocycles. The van der Waals surface area contributed by atoms with E-state index in [1.165, 1.54) is 5.56 Å². The van der Waals surface area contributed by atoms with E-state index in [2.05, 4.69) is 82.5 Å². The maximum atomic E-state index is 4.67. The predicted molar refractivity (Wildman–Crippen MR) is 130 cm³/mol. The van der Waals surface area contributed by atoms with E-state index in [1.54, 1.807) is 17.1 Å². The van der Waals surface area contributed by atoms with Crippen molar-refractivity contribution in [2.75, 3.05) is 18.4 Å². The molecule has 170 valence electrons. The van der Waals surface area contributed by atoms with E-state index in [-0.39, 0.29) is 0 Å². The topological polar surface area (TPSA) is 89.1 Å². The van der Waals surface area contributed by atoms with E-state index < -0.39 is 0 Å². The van der Waals surface area contributed by atoms with E-state index in [1.807, 2.05) is 25.2 Å². The van der Waals surface area contributed by atoms with E-state index >= 15 is 0 Å². The third-order valence-corrected chi connectivity index (χ3v) is 6.33. The number of benzene rings is 1. The summed E-state index contributed by atoms with van der Waals surface area (Å²) in [5.41, 5.74) is 3.97.